The summed E-state index contributed by atoms with van der Waals surface area (Å²) in [6.45, 7) is 13.9. The number of allylic oxidation sites excluding steroid dienone is 1. The lowest BCUT2D eigenvalue weighted by Crippen LogP contribution is -2.46. The first kappa shape index (κ1) is 31.6. The zero-order valence-electron chi connectivity index (χ0n) is 24.3. The van der Waals surface area contributed by atoms with Gasteiger partial charge in [0.25, 0.3) is 0 Å². The van der Waals surface area contributed by atoms with Crippen LogP contribution >= 0.6 is 11.6 Å². The van der Waals surface area contributed by atoms with Crippen LogP contribution in [0.1, 0.15) is 71.3 Å². The monoisotopic (exact) mass is 568 g/mol. The van der Waals surface area contributed by atoms with Crippen molar-refractivity contribution >= 4 is 19.9 Å². The van der Waals surface area contributed by atoms with Crippen LogP contribution in [0.5, 0.6) is 5.75 Å². The van der Waals surface area contributed by atoms with Gasteiger partial charge < -0.3 is 28.1 Å². The highest BCUT2D eigenvalue weighted by atomic mass is 35.5. The number of halogens is 1. The molecule has 0 amide bonds. The summed E-state index contributed by atoms with van der Waals surface area (Å²) in [7, 11) is -0.274. The molecular formula is C30H49ClO6Si. The first-order valence-corrected chi connectivity index (χ1v) is 17.5. The summed E-state index contributed by atoms with van der Waals surface area (Å²) in [4.78, 5) is 0. The second-order valence-electron chi connectivity index (χ2n) is 12.0. The minimum atomic E-state index is -1.95. The molecule has 2 heterocycles. The second kappa shape index (κ2) is 15.2. The molecule has 1 aromatic carbocycles. The molecule has 38 heavy (non-hydrogen) atoms. The van der Waals surface area contributed by atoms with Crippen molar-refractivity contribution in [3.05, 3.63) is 40.9 Å². The minimum absolute atomic E-state index is 0.0309. The fraction of sp³-hybridized carbons (Fsp3) is 0.733. The van der Waals surface area contributed by atoms with Crippen LogP contribution in [0.15, 0.2) is 35.4 Å². The highest BCUT2D eigenvalue weighted by Crippen LogP contribution is 2.40. The zero-order chi connectivity index (χ0) is 27.6. The number of ether oxygens (including phenoxy) is 5. The molecule has 6 nitrogen and oxygen atoms in total. The van der Waals surface area contributed by atoms with E-state index in [0.717, 1.165) is 61.5 Å². The normalized spacial score (nSPS) is 25.1. The summed E-state index contributed by atoms with van der Waals surface area (Å²) in [5, 5.41) is 0.999. The standard InChI is InChI=1S/C30H49ClO6Si/c1-30(2,3)38(5,6)37-27-20-26(17-14-24(31)10-9-19-35-29-11-7-8-18-34-29)36-28(27)22-33-21-23-12-15-25(32-4)16-13-23/h10,12-13,15-16,26-29H,7-9,11,14,17-22H2,1-6H3/b24-10-/t26-,27-,28-,29?/m0/s1. The lowest BCUT2D eigenvalue weighted by atomic mass is 10.1. The minimum Gasteiger partial charge on any atom is -0.497 e. The van der Waals surface area contributed by atoms with E-state index < -0.39 is 8.32 Å². The highest BCUT2D eigenvalue weighted by molar-refractivity contribution is 6.74. The van der Waals surface area contributed by atoms with E-state index in [2.05, 4.69) is 39.9 Å². The predicted octanol–water partition coefficient (Wildman–Crippen LogP) is 7.60. The van der Waals surface area contributed by atoms with Gasteiger partial charge in [0.15, 0.2) is 14.6 Å². The van der Waals surface area contributed by atoms with Crippen LogP contribution in [0, 0.1) is 0 Å². The van der Waals surface area contributed by atoms with E-state index in [0.29, 0.717) is 19.8 Å². The third-order valence-electron chi connectivity index (χ3n) is 7.87. The van der Waals surface area contributed by atoms with E-state index in [9.17, 15) is 0 Å². The topological polar surface area (TPSA) is 55.4 Å². The Labute approximate surface area is 236 Å². The Balaban J connectivity index is 1.48. The second-order valence-corrected chi connectivity index (χ2v) is 17.2. The van der Waals surface area contributed by atoms with Gasteiger partial charge in [-0.2, -0.15) is 0 Å². The molecule has 0 saturated carbocycles. The smallest absolute Gasteiger partial charge is 0.192 e. The molecule has 8 heteroatoms. The third-order valence-corrected chi connectivity index (χ3v) is 12.7. The summed E-state index contributed by atoms with van der Waals surface area (Å²) in [6, 6.07) is 7.97. The van der Waals surface area contributed by atoms with Gasteiger partial charge in [0.05, 0.1) is 39.1 Å². The Bertz CT molecular complexity index is 847. The maximum Gasteiger partial charge on any atom is 0.192 e. The van der Waals surface area contributed by atoms with Gasteiger partial charge in [0.1, 0.15) is 11.9 Å². The SMILES string of the molecule is COc1ccc(COC[C@@H]2O[C@@H](CC/C(Cl)=C/CCOC3CCCCO3)C[C@@H]2O[Si](C)(C)C(C)(C)C)cc1. The molecular weight excluding hydrogens is 520 g/mol. The van der Waals surface area contributed by atoms with Crippen molar-refractivity contribution < 1.29 is 28.1 Å². The molecule has 0 N–H and O–H groups in total. The van der Waals surface area contributed by atoms with E-state index in [4.69, 9.17) is 39.7 Å². The third kappa shape index (κ3) is 10.2. The number of methoxy groups -OCH3 is 1. The van der Waals surface area contributed by atoms with Crippen LogP contribution in [-0.2, 0) is 30.0 Å². The van der Waals surface area contributed by atoms with Gasteiger partial charge in [-0.3, -0.25) is 0 Å². The average Bonchev–Trinajstić information content (AvgIpc) is 3.26. The Kier molecular flexibility index (Phi) is 12.6. The van der Waals surface area contributed by atoms with Crippen LogP contribution in [-0.4, -0.2) is 59.8 Å². The van der Waals surface area contributed by atoms with Crippen LogP contribution in [0.4, 0.5) is 0 Å². The van der Waals surface area contributed by atoms with Crippen molar-refractivity contribution in [3.63, 3.8) is 0 Å². The van der Waals surface area contributed by atoms with Gasteiger partial charge in [-0.15, -0.1) is 0 Å². The number of hydrogen-bond donors (Lipinski definition) is 0. The molecule has 216 valence electrons. The highest BCUT2D eigenvalue weighted by Gasteiger charge is 2.44. The van der Waals surface area contributed by atoms with E-state index in [1.807, 2.05) is 24.3 Å². The molecule has 0 aliphatic carbocycles. The lowest BCUT2D eigenvalue weighted by Gasteiger charge is -2.39. The molecule has 0 aromatic heterocycles. The van der Waals surface area contributed by atoms with Crippen LogP contribution < -0.4 is 4.74 Å². The van der Waals surface area contributed by atoms with Crippen LogP contribution in [0.25, 0.3) is 0 Å². The Morgan fingerprint density at radius 1 is 1.16 bits per heavy atom. The quantitative estimate of drug-likeness (QED) is 0.170. The molecule has 0 spiro atoms. The molecule has 3 rings (SSSR count). The van der Waals surface area contributed by atoms with Gasteiger partial charge in [-0.1, -0.05) is 50.6 Å². The fourth-order valence-corrected chi connectivity index (χ4v) is 6.06. The average molecular weight is 569 g/mol. The van der Waals surface area contributed by atoms with E-state index in [-0.39, 0.29) is 29.6 Å². The lowest BCUT2D eigenvalue weighted by molar-refractivity contribution is -0.161. The molecule has 0 radical (unpaired) electrons. The van der Waals surface area contributed by atoms with Gasteiger partial charge in [-0.25, -0.2) is 0 Å². The number of benzene rings is 1. The first-order chi connectivity index (χ1) is 18.1. The van der Waals surface area contributed by atoms with Crippen molar-refractivity contribution in [2.24, 2.45) is 0 Å². The van der Waals surface area contributed by atoms with E-state index in [1.54, 1.807) is 7.11 Å². The molecule has 4 atom stereocenters. The van der Waals surface area contributed by atoms with Crippen LogP contribution in [0.3, 0.4) is 0 Å². The molecule has 0 bridgehead atoms. The number of hydrogen-bond acceptors (Lipinski definition) is 6. The Morgan fingerprint density at radius 3 is 2.58 bits per heavy atom. The maximum absolute atomic E-state index is 6.82. The van der Waals surface area contributed by atoms with Gasteiger partial charge in [0, 0.05) is 18.1 Å². The molecule has 1 aromatic rings. The Morgan fingerprint density at radius 2 is 1.92 bits per heavy atom. The number of rotatable bonds is 14. The molecule has 2 aliphatic heterocycles. The van der Waals surface area contributed by atoms with Gasteiger partial charge in [0.2, 0.25) is 0 Å². The first-order valence-electron chi connectivity index (χ1n) is 14.2. The zero-order valence-corrected chi connectivity index (χ0v) is 26.1. The summed E-state index contributed by atoms with van der Waals surface area (Å²) in [6.07, 6.45) is 8.69. The summed E-state index contributed by atoms with van der Waals surface area (Å²) >= 11 is 6.55. The fourth-order valence-electron chi connectivity index (χ4n) is 4.49. The summed E-state index contributed by atoms with van der Waals surface area (Å²) in [5.41, 5.74) is 1.11. The van der Waals surface area contributed by atoms with Crippen molar-refractivity contribution in [2.45, 2.75) is 115 Å². The van der Waals surface area contributed by atoms with Crippen molar-refractivity contribution in [3.8, 4) is 5.75 Å². The van der Waals surface area contributed by atoms with Crippen LogP contribution in [0.2, 0.25) is 18.1 Å². The molecule has 2 aliphatic rings. The van der Waals surface area contributed by atoms with E-state index in [1.165, 1.54) is 6.42 Å². The van der Waals surface area contributed by atoms with E-state index >= 15 is 0 Å². The maximum atomic E-state index is 6.82. The Hall–Kier alpha value is -0.933. The predicted molar refractivity (Wildman–Crippen MR) is 155 cm³/mol. The van der Waals surface area contributed by atoms with Crippen molar-refractivity contribution in [1.82, 2.24) is 0 Å². The summed E-state index contributed by atoms with van der Waals surface area (Å²) < 4.78 is 36.1. The largest absolute Gasteiger partial charge is 0.497 e. The van der Waals surface area contributed by atoms with Crippen molar-refractivity contribution in [2.75, 3.05) is 26.9 Å². The summed E-state index contributed by atoms with van der Waals surface area (Å²) in [5.74, 6) is 0.844. The molecule has 1 unspecified atom stereocenters. The molecule has 2 fully saturated rings. The van der Waals surface area contributed by atoms with Crippen molar-refractivity contribution in [1.29, 1.82) is 0 Å². The van der Waals surface area contributed by atoms with Gasteiger partial charge >= 0.3 is 0 Å². The molecule has 2 saturated heterocycles. The van der Waals surface area contributed by atoms with Gasteiger partial charge in [-0.05, 0) is 74.4 Å².